The lowest BCUT2D eigenvalue weighted by molar-refractivity contribution is -0.160. The summed E-state index contributed by atoms with van der Waals surface area (Å²) in [6.45, 7) is 1.56. The molecule has 10 nitrogen and oxygen atoms in total. The largest absolute Gasteiger partial charge is 0.455 e. The van der Waals surface area contributed by atoms with Crippen molar-refractivity contribution in [2.24, 2.45) is 11.8 Å². The van der Waals surface area contributed by atoms with Crippen molar-refractivity contribution < 1.29 is 33.8 Å². The average molecular weight is 713 g/mol. The van der Waals surface area contributed by atoms with E-state index in [0.29, 0.717) is 33.6 Å². The molecule has 5 bridgehead atoms. The molecule has 2 aromatic rings. The Bertz CT molecular complexity index is 1580. The lowest BCUT2D eigenvalue weighted by Gasteiger charge is -2.38. The highest BCUT2D eigenvalue weighted by Gasteiger charge is 2.75. The number of likely N-dealkylation sites (tertiary alicyclic amines) is 1. The van der Waals surface area contributed by atoms with Gasteiger partial charge in [0.25, 0.3) is 5.91 Å². The minimum absolute atomic E-state index is 0.0350. The van der Waals surface area contributed by atoms with Crippen molar-refractivity contribution in [1.82, 2.24) is 10.2 Å². The lowest BCUT2D eigenvalue weighted by Crippen LogP contribution is -2.58. The van der Waals surface area contributed by atoms with E-state index in [1.807, 2.05) is 31.2 Å². The molecule has 0 aromatic heterocycles. The fourth-order valence-electron chi connectivity index (χ4n) is 7.06. The first-order valence-corrected chi connectivity index (χ1v) is 16.6. The van der Waals surface area contributed by atoms with Crippen LogP contribution in [0.2, 0.25) is 5.02 Å². The minimum atomic E-state index is -1.52. The number of benzene rings is 2. The summed E-state index contributed by atoms with van der Waals surface area (Å²) >= 11 is 10.2. The first kappa shape index (κ1) is 32.4. The summed E-state index contributed by atoms with van der Waals surface area (Å²) in [6, 6.07) is 14.0. The summed E-state index contributed by atoms with van der Waals surface area (Å²) in [5, 5.41) is 13.6. The number of ether oxygens (including phenoxy) is 2. The van der Waals surface area contributed by atoms with Gasteiger partial charge in [-0.25, -0.2) is 0 Å². The minimum Gasteiger partial charge on any atom is -0.455 e. The summed E-state index contributed by atoms with van der Waals surface area (Å²) in [5.41, 5.74) is -0.412. The number of rotatable bonds is 5. The van der Waals surface area contributed by atoms with Crippen molar-refractivity contribution in [2.45, 2.75) is 56.1 Å². The number of para-hydroxylation sites is 1. The topological polar surface area (TPSA) is 125 Å². The van der Waals surface area contributed by atoms with Crippen molar-refractivity contribution in [3.63, 3.8) is 0 Å². The number of aliphatic hydroxyl groups excluding tert-OH is 1. The number of aliphatic hydroxyl groups is 1. The number of amides is 3. The van der Waals surface area contributed by atoms with E-state index < -0.39 is 59.5 Å². The fourth-order valence-corrected chi connectivity index (χ4v) is 8.03. The molecule has 7 atom stereocenters. The number of allylic oxidation sites excluding steroid dienone is 1. The van der Waals surface area contributed by atoms with E-state index in [2.05, 4.69) is 21.2 Å². The van der Waals surface area contributed by atoms with Gasteiger partial charge in [-0.3, -0.25) is 19.2 Å². The highest BCUT2D eigenvalue weighted by Crippen LogP contribution is 2.59. The van der Waals surface area contributed by atoms with Crippen molar-refractivity contribution in [1.29, 1.82) is 0 Å². The smallest absolute Gasteiger partial charge is 0.313 e. The number of halogens is 2. The Kier molecular flexibility index (Phi) is 9.38. The van der Waals surface area contributed by atoms with E-state index in [4.69, 9.17) is 21.1 Å². The van der Waals surface area contributed by atoms with E-state index in [1.165, 1.54) is 9.80 Å². The summed E-state index contributed by atoms with van der Waals surface area (Å²) < 4.78 is 13.2. The summed E-state index contributed by atoms with van der Waals surface area (Å²) in [7, 11) is 0. The van der Waals surface area contributed by atoms with Crippen LogP contribution in [-0.2, 0) is 28.7 Å². The molecule has 4 aliphatic rings. The number of esters is 1. The zero-order valence-corrected chi connectivity index (χ0v) is 27.5. The maximum absolute atomic E-state index is 14.9. The number of hydrogen-bond acceptors (Lipinski definition) is 7. The van der Waals surface area contributed by atoms with Gasteiger partial charge in [-0.1, -0.05) is 89.1 Å². The third-order valence-electron chi connectivity index (χ3n) is 9.26. The second-order valence-electron chi connectivity index (χ2n) is 11.9. The number of nitrogens with one attached hydrogen (secondary N) is 1. The number of carbonyl (C=O) groups excluding carboxylic acids is 4. The predicted molar refractivity (Wildman–Crippen MR) is 174 cm³/mol. The SMILES string of the molecule is CC[C@@H](CO)N1C(=O)[C@@H]2[C@H]3C(=O)O[C@@H](c4ccccc4)CNC(=O)CC/C=C\CN(c4ccccc4Cl)C(=O)[C@@H]1[C@]21C=C(Br)[C@H]3O1. The maximum Gasteiger partial charge on any atom is 0.313 e. The Labute approximate surface area is 280 Å². The maximum atomic E-state index is 14.9. The summed E-state index contributed by atoms with van der Waals surface area (Å²) in [6.07, 6.45) is 4.57. The van der Waals surface area contributed by atoms with Gasteiger partial charge in [0.05, 0.1) is 35.8 Å². The molecular weight excluding hydrogens is 678 g/mol. The van der Waals surface area contributed by atoms with Crippen molar-refractivity contribution >= 4 is 56.9 Å². The summed E-state index contributed by atoms with van der Waals surface area (Å²) in [5.74, 6) is -4.04. The highest BCUT2D eigenvalue weighted by molar-refractivity contribution is 9.11. The van der Waals surface area contributed by atoms with Crippen LogP contribution in [0.15, 0.2) is 77.3 Å². The molecule has 12 heteroatoms. The van der Waals surface area contributed by atoms with E-state index in [1.54, 1.807) is 48.6 Å². The van der Waals surface area contributed by atoms with Crippen molar-refractivity contribution in [3.05, 3.63) is 87.9 Å². The van der Waals surface area contributed by atoms with Crippen molar-refractivity contribution in [2.75, 3.05) is 24.6 Å². The molecule has 2 aromatic carbocycles. The van der Waals surface area contributed by atoms with Crippen LogP contribution in [-0.4, -0.2) is 77.2 Å². The zero-order chi connectivity index (χ0) is 32.6. The number of anilines is 1. The van der Waals surface area contributed by atoms with Gasteiger partial charge in [0.15, 0.2) is 0 Å². The van der Waals surface area contributed by atoms with Gasteiger partial charge in [0, 0.05) is 17.4 Å². The normalized spacial score (nSPS) is 31.3. The molecule has 3 amide bonds. The zero-order valence-electron chi connectivity index (χ0n) is 25.2. The van der Waals surface area contributed by atoms with E-state index in [9.17, 15) is 24.3 Å². The molecule has 1 spiro atoms. The number of nitrogens with zero attached hydrogens (tertiary/aromatic N) is 2. The monoisotopic (exact) mass is 711 g/mol. The number of fused-ring (bicyclic) bond motifs is 2. The molecule has 0 unspecified atom stereocenters. The molecule has 2 N–H and O–H groups in total. The van der Waals surface area contributed by atoms with Gasteiger partial charge in [-0.2, -0.15) is 0 Å². The van der Waals surface area contributed by atoms with E-state index >= 15 is 0 Å². The van der Waals surface area contributed by atoms with Crippen LogP contribution >= 0.6 is 27.5 Å². The standard InChI is InChI=1S/C34H35BrClN3O7/c1-2-21(19-40)39-30-32(43)38(24-14-9-8-13-23(24)36)16-10-4-7-15-26(41)37-18-25(20-11-5-3-6-12-20)45-33(44)27-28(31(39)42)34(30)17-22(35)29(27)46-34/h3-6,8-14,17,21,25,27-30,40H,2,7,15-16,18-19H2,1H3,(H,37,41)/b10-4-/t21-,25+,27+,28-,29+,30+,34-/m0/s1. The van der Waals surface area contributed by atoms with E-state index in [-0.39, 0.29) is 32.0 Å². The third kappa shape index (κ3) is 5.57. The Morgan fingerprint density at radius 3 is 2.52 bits per heavy atom. The van der Waals surface area contributed by atoms with Crippen LogP contribution in [0.1, 0.15) is 37.9 Å². The molecular formula is C34H35BrClN3O7. The van der Waals surface area contributed by atoms with Crippen LogP contribution in [0.4, 0.5) is 5.69 Å². The molecule has 4 heterocycles. The number of hydrogen-bond donors (Lipinski definition) is 2. The van der Waals surface area contributed by atoms with Gasteiger partial charge >= 0.3 is 5.97 Å². The van der Waals surface area contributed by atoms with Crippen LogP contribution in [0, 0.1) is 11.8 Å². The number of carbonyl (C=O) groups is 4. The summed E-state index contributed by atoms with van der Waals surface area (Å²) in [4.78, 5) is 59.2. The number of cyclic esters (lactones) is 1. The molecule has 46 heavy (non-hydrogen) atoms. The molecule has 0 aliphatic carbocycles. The quantitative estimate of drug-likeness (QED) is 0.354. The molecule has 242 valence electrons. The van der Waals surface area contributed by atoms with Crippen molar-refractivity contribution in [3.8, 4) is 0 Å². The lowest BCUT2D eigenvalue weighted by atomic mass is 9.74. The van der Waals surface area contributed by atoms with E-state index in [0.717, 1.165) is 0 Å². The van der Waals surface area contributed by atoms with Gasteiger partial charge in [-0.15, -0.1) is 0 Å². The third-order valence-corrected chi connectivity index (χ3v) is 10.3. The molecule has 2 saturated heterocycles. The highest BCUT2D eigenvalue weighted by atomic mass is 79.9. The van der Waals surface area contributed by atoms with Gasteiger partial charge in [-0.05, 0) is 36.6 Å². The van der Waals surface area contributed by atoms with Crippen LogP contribution in [0.5, 0.6) is 0 Å². The molecule has 4 aliphatic heterocycles. The predicted octanol–water partition coefficient (Wildman–Crippen LogP) is 4.07. The second kappa shape index (κ2) is 13.3. The molecule has 2 fully saturated rings. The Morgan fingerprint density at radius 1 is 1.07 bits per heavy atom. The van der Waals surface area contributed by atoms with Gasteiger partial charge < -0.3 is 29.7 Å². The second-order valence-corrected chi connectivity index (χ2v) is 13.2. The van der Waals surface area contributed by atoms with Crippen LogP contribution < -0.4 is 10.2 Å². The Hall–Kier alpha value is -3.51. The Morgan fingerprint density at radius 2 is 1.80 bits per heavy atom. The first-order valence-electron chi connectivity index (χ1n) is 15.4. The van der Waals surface area contributed by atoms with Gasteiger partial charge in [0.1, 0.15) is 29.8 Å². The van der Waals surface area contributed by atoms with Gasteiger partial charge in [0.2, 0.25) is 11.8 Å². The molecule has 0 radical (unpaired) electrons. The molecule has 0 saturated carbocycles. The van der Waals surface area contributed by atoms with Crippen LogP contribution in [0.25, 0.3) is 0 Å². The fraction of sp³-hybridized carbons (Fsp3) is 0.412. The average Bonchev–Trinajstić information content (AvgIpc) is 3.65. The molecule has 6 rings (SSSR count). The Balaban J connectivity index is 1.48. The first-order chi connectivity index (χ1) is 22.2. The van der Waals surface area contributed by atoms with Crippen LogP contribution in [0.3, 0.4) is 0 Å².